The number of rotatable bonds is 6. The Hall–Kier alpha value is -1.53. The fraction of sp³-hybridized carbons (Fsp3) is 0.222. The van der Waals surface area contributed by atoms with E-state index in [-0.39, 0.29) is 5.91 Å². The standard InChI is InChI=1S/C18H15Cl3N2O2S/c1-2-3-6-25-16-12(20)7-10(8-13(16)21)17(24)23-18-22-14-5-4-11(19)9-15(14)26-18/h4-5,7-9H,2-3,6H2,1H3,(H,22,23,24). The Bertz CT molecular complexity index is 936. The second-order valence-electron chi connectivity index (χ2n) is 5.56. The molecule has 0 aliphatic carbocycles. The topological polar surface area (TPSA) is 51.2 Å². The van der Waals surface area contributed by atoms with E-state index in [4.69, 9.17) is 39.5 Å². The molecule has 136 valence electrons. The number of carbonyl (C=O) groups is 1. The molecule has 1 amide bonds. The summed E-state index contributed by atoms with van der Waals surface area (Å²) in [4.78, 5) is 16.9. The number of amides is 1. The molecule has 3 rings (SSSR count). The summed E-state index contributed by atoms with van der Waals surface area (Å²) in [7, 11) is 0. The van der Waals surface area contributed by atoms with E-state index >= 15 is 0 Å². The number of unbranched alkanes of at least 4 members (excludes halogenated alkanes) is 1. The van der Waals surface area contributed by atoms with Crippen molar-refractivity contribution in [2.24, 2.45) is 0 Å². The predicted octanol–water partition coefficient (Wildman–Crippen LogP) is 6.69. The summed E-state index contributed by atoms with van der Waals surface area (Å²) in [5.41, 5.74) is 1.10. The second-order valence-corrected chi connectivity index (χ2v) is 7.84. The number of carbonyl (C=O) groups excluding carboxylic acids is 1. The van der Waals surface area contributed by atoms with Crippen molar-refractivity contribution in [3.05, 3.63) is 51.0 Å². The quantitative estimate of drug-likeness (QED) is 0.444. The van der Waals surface area contributed by atoms with Crippen molar-refractivity contribution in [1.82, 2.24) is 4.98 Å². The molecule has 0 aliphatic rings. The van der Waals surface area contributed by atoms with Gasteiger partial charge in [-0.1, -0.05) is 59.5 Å². The van der Waals surface area contributed by atoms with Crippen molar-refractivity contribution in [3.63, 3.8) is 0 Å². The van der Waals surface area contributed by atoms with E-state index in [9.17, 15) is 4.79 Å². The molecule has 0 radical (unpaired) electrons. The van der Waals surface area contributed by atoms with E-state index in [0.29, 0.717) is 38.1 Å². The average molecular weight is 430 g/mol. The van der Waals surface area contributed by atoms with Crippen LogP contribution in [0.1, 0.15) is 30.1 Å². The minimum atomic E-state index is -0.348. The van der Waals surface area contributed by atoms with Crippen molar-refractivity contribution in [2.45, 2.75) is 19.8 Å². The van der Waals surface area contributed by atoms with Gasteiger partial charge in [-0.15, -0.1) is 0 Å². The van der Waals surface area contributed by atoms with E-state index in [1.807, 2.05) is 0 Å². The first-order chi connectivity index (χ1) is 12.5. The van der Waals surface area contributed by atoms with Gasteiger partial charge in [0, 0.05) is 10.6 Å². The van der Waals surface area contributed by atoms with E-state index in [1.54, 1.807) is 18.2 Å². The molecule has 0 saturated heterocycles. The molecule has 0 bridgehead atoms. The molecule has 0 fully saturated rings. The molecule has 0 unspecified atom stereocenters. The number of aromatic nitrogens is 1. The zero-order chi connectivity index (χ0) is 18.7. The average Bonchev–Trinajstić information content (AvgIpc) is 2.98. The summed E-state index contributed by atoms with van der Waals surface area (Å²) < 4.78 is 6.49. The maximum absolute atomic E-state index is 12.5. The van der Waals surface area contributed by atoms with Gasteiger partial charge in [0.25, 0.3) is 5.91 Å². The Morgan fingerprint density at radius 2 is 1.92 bits per heavy atom. The SMILES string of the molecule is CCCCOc1c(Cl)cc(C(=O)Nc2nc3ccc(Cl)cc3s2)cc1Cl. The Kier molecular flexibility index (Phi) is 6.24. The van der Waals surface area contributed by atoms with Gasteiger partial charge in [-0.05, 0) is 36.8 Å². The van der Waals surface area contributed by atoms with Gasteiger partial charge in [-0.25, -0.2) is 4.98 Å². The Morgan fingerprint density at radius 1 is 1.19 bits per heavy atom. The third-order valence-electron chi connectivity index (χ3n) is 3.58. The van der Waals surface area contributed by atoms with Crippen molar-refractivity contribution in [3.8, 4) is 5.75 Å². The molecule has 26 heavy (non-hydrogen) atoms. The smallest absolute Gasteiger partial charge is 0.257 e. The van der Waals surface area contributed by atoms with Crippen LogP contribution in [0.15, 0.2) is 30.3 Å². The predicted molar refractivity (Wildman–Crippen MR) is 109 cm³/mol. The van der Waals surface area contributed by atoms with Crippen LogP contribution in [0.4, 0.5) is 5.13 Å². The Morgan fingerprint density at radius 3 is 2.62 bits per heavy atom. The van der Waals surface area contributed by atoms with Gasteiger partial charge in [-0.2, -0.15) is 0 Å². The van der Waals surface area contributed by atoms with E-state index in [1.165, 1.54) is 23.5 Å². The Labute approximate surface area is 170 Å². The van der Waals surface area contributed by atoms with Gasteiger partial charge in [0.2, 0.25) is 0 Å². The summed E-state index contributed by atoms with van der Waals surface area (Å²) in [6.45, 7) is 2.59. The number of nitrogens with one attached hydrogen (secondary N) is 1. The highest BCUT2D eigenvalue weighted by molar-refractivity contribution is 7.22. The van der Waals surface area contributed by atoms with Gasteiger partial charge in [-0.3, -0.25) is 10.1 Å². The van der Waals surface area contributed by atoms with Crippen molar-refractivity contribution in [2.75, 3.05) is 11.9 Å². The zero-order valence-electron chi connectivity index (χ0n) is 13.8. The first-order valence-electron chi connectivity index (χ1n) is 7.97. The van der Waals surface area contributed by atoms with Crippen LogP contribution >= 0.6 is 46.1 Å². The Balaban J connectivity index is 1.78. The van der Waals surface area contributed by atoms with E-state index < -0.39 is 0 Å². The largest absolute Gasteiger partial charge is 0.490 e. The number of halogens is 3. The maximum Gasteiger partial charge on any atom is 0.257 e. The van der Waals surface area contributed by atoms with Gasteiger partial charge < -0.3 is 4.74 Å². The second kappa shape index (κ2) is 8.44. The van der Waals surface area contributed by atoms with Crippen LogP contribution in [-0.4, -0.2) is 17.5 Å². The van der Waals surface area contributed by atoms with E-state index in [2.05, 4.69) is 17.2 Å². The highest BCUT2D eigenvalue weighted by atomic mass is 35.5. The van der Waals surface area contributed by atoms with Gasteiger partial charge >= 0.3 is 0 Å². The fourth-order valence-corrected chi connectivity index (χ4v) is 4.00. The van der Waals surface area contributed by atoms with Crippen molar-refractivity contribution in [1.29, 1.82) is 0 Å². The number of fused-ring (bicyclic) bond motifs is 1. The lowest BCUT2D eigenvalue weighted by atomic mass is 10.2. The van der Waals surface area contributed by atoms with Gasteiger partial charge in [0.15, 0.2) is 10.9 Å². The van der Waals surface area contributed by atoms with Crippen LogP contribution < -0.4 is 10.1 Å². The lowest BCUT2D eigenvalue weighted by Crippen LogP contribution is -2.12. The molecule has 8 heteroatoms. The molecule has 0 atom stereocenters. The molecule has 2 aromatic carbocycles. The minimum absolute atomic E-state index is 0.301. The number of nitrogens with zero attached hydrogens (tertiary/aromatic N) is 1. The molecule has 0 aliphatic heterocycles. The summed E-state index contributed by atoms with van der Waals surface area (Å²) >= 11 is 19.8. The number of thiazole rings is 1. The summed E-state index contributed by atoms with van der Waals surface area (Å²) in [6.07, 6.45) is 1.90. The van der Waals surface area contributed by atoms with Crippen LogP contribution in [0.5, 0.6) is 5.75 Å². The summed E-state index contributed by atoms with van der Waals surface area (Å²) in [5.74, 6) is 0.0482. The third-order valence-corrected chi connectivity index (χ3v) is 5.31. The number of anilines is 1. The molecule has 3 aromatic rings. The number of hydrogen-bond donors (Lipinski definition) is 1. The first-order valence-corrected chi connectivity index (χ1v) is 9.92. The number of benzene rings is 2. The molecule has 0 saturated carbocycles. The van der Waals surface area contributed by atoms with E-state index in [0.717, 1.165) is 23.1 Å². The van der Waals surface area contributed by atoms with Gasteiger partial charge in [0.05, 0.1) is 26.9 Å². The molecule has 1 N–H and O–H groups in total. The maximum atomic E-state index is 12.5. The summed E-state index contributed by atoms with van der Waals surface area (Å²) in [6, 6.07) is 8.44. The molecular weight excluding hydrogens is 415 g/mol. The van der Waals surface area contributed by atoms with Crippen LogP contribution in [0, 0.1) is 0 Å². The molecule has 0 spiro atoms. The fourth-order valence-electron chi connectivity index (χ4n) is 2.27. The highest BCUT2D eigenvalue weighted by Gasteiger charge is 2.16. The zero-order valence-corrected chi connectivity index (χ0v) is 16.9. The first kappa shape index (κ1) is 19.2. The molecule has 1 aromatic heterocycles. The van der Waals surface area contributed by atoms with Crippen LogP contribution in [0.25, 0.3) is 10.2 Å². The lowest BCUT2D eigenvalue weighted by Gasteiger charge is -2.11. The van der Waals surface area contributed by atoms with Crippen molar-refractivity contribution < 1.29 is 9.53 Å². The van der Waals surface area contributed by atoms with Gasteiger partial charge in [0.1, 0.15) is 0 Å². The number of ether oxygens (including phenoxy) is 1. The molecular formula is C18H15Cl3N2O2S. The normalized spacial score (nSPS) is 10.9. The summed E-state index contributed by atoms with van der Waals surface area (Å²) in [5, 5.41) is 4.46. The highest BCUT2D eigenvalue weighted by Crippen LogP contribution is 2.35. The lowest BCUT2D eigenvalue weighted by molar-refractivity contribution is 0.102. The van der Waals surface area contributed by atoms with Crippen LogP contribution in [0.3, 0.4) is 0 Å². The van der Waals surface area contributed by atoms with Crippen LogP contribution in [-0.2, 0) is 0 Å². The molecule has 4 nitrogen and oxygen atoms in total. The molecule has 1 heterocycles. The van der Waals surface area contributed by atoms with Crippen molar-refractivity contribution >= 4 is 67.4 Å². The minimum Gasteiger partial charge on any atom is -0.490 e. The third kappa shape index (κ3) is 4.41. The van der Waals surface area contributed by atoms with Crippen LogP contribution in [0.2, 0.25) is 15.1 Å². The monoisotopic (exact) mass is 428 g/mol. The number of hydrogen-bond acceptors (Lipinski definition) is 4.